The molecule has 0 fully saturated rings. The summed E-state index contributed by atoms with van der Waals surface area (Å²) >= 11 is 0. The van der Waals surface area contributed by atoms with Crippen LogP contribution in [-0.2, 0) is 4.74 Å². The Morgan fingerprint density at radius 3 is 2.62 bits per heavy atom. The Morgan fingerprint density at radius 1 is 1.15 bits per heavy atom. The van der Waals surface area contributed by atoms with Gasteiger partial charge in [0.25, 0.3) is 0 Å². The summed E-state index contributed by atoms with van der Waals surface area (Å²) in [7, 11) is 1.68. The molecule has 1 rings (SSSR count). The first-order valence-electron chi connectivity index (χ1n) is 4.49. The van der Waals surface area contributed by atoms with Crippen molar-refractivity contribution >= 4 is 6.08 Å². The molecule has 0 heterocycles. The molecule has 0 aliphatic carbocycles. The SMILES string of the molecule is CO[CH]CCC=Cc1ccccc1. The molecule has 0 N–H and O–H groups in total. The number of unbranched alkanes of at least 4 members (excludes halogenated alkanes) is 1. The molecule has 69 valence electrons. The third-order valence-electron chi connectivity index (χ3n) is 1.73. The third kappa shape index (κ3) is 4.48. The van der Waals surface area contributed by atoms with Gasteiger partial charge in [-0.2, -0.15) is 0 Å². The van der Waals surface area contributed by atoms with Crippen LogP contribution in [0.25, 0.3) is 6.08 Å². The highest BCUT2D eigenvalue weighted by molar-refractivity contribution is 5.48. The van der Waals surface area contributed by atoms with Gasteiger partial charge < -0.3 is 4.74 Å². The normalized spacial score (nSPS) is 10.8. The first-order valence-corrected chi connectivity index (χ1v) is 4.49. The first kappa shape index (κ1) is 10.0. The molecule has 0 atom stereocenters. The van der Waals surface area contributed by atoms with Crippen LogP contribution >= 0.6 is 0 Å². The second-order valence-corrected chi connectivity index (χ2v) is 2.79. The van der Waals surface area contributed by atoms with E-state index in [0.717, 1.165) is 12.8 Å². The number of rotatable bonds is 5. The predicted octanol–water partition coefficient (Wildman–Crippen LogP) is 3.29. The molecular formula is C12H15O. The van der Waals surface area contributed by atoms with E-state index in [2.05, 4.69) is 24.3 Å². The van der Waals surface area contributed by atoms with Crippen LogP contribution in [0.15, 0.2) is 36.4 Å². The molecule has 1 nitrogen and oxygen atoms in total. The fourth-order valence-electron chi connectivity index (χ4n) is 1.07. The summed E-state index contributed by atoms with van der Waals surface area (Å²) in [6, 6.07) is 10.3. The second kappa shape index (κ2) is 6.44. The summed E-state index contributed by atoms with van der Waals surface area (Å²) < 4.78 is 4.84. The van der Waals surface area contributed by atoms with E-state index in [1.165, 1.54) is 5.56 Å². The maximum atomic E-state index is 4.84. The Balaban J connectivity index is 2.25. The van der Waals surface area contributed by atoms with Crippen molar-refractivity contribution in [3.63, 3.8) is 0 Å². The topological polar surface area (TPSA) is 9.23 Å². The van der Waals surface area contributed by atoms with Crippen molar-refractivity contribution in [3.8, 4) is 0 Å². The first-order chi connectivity index (χ1) is 6.43. The molecule has 13 heavy (non-hydrogen) atoms. The standard InChI is InChI=1S/C12H15O/c1-13-11-7-3-6-10-12-8-4-2-5-9-12/h2,4-6,8-11H,3,7H2,1H3. The van der Waals surface area contributed by atoms with Gasteiger partial charge in [0.1, 0.15) is 0 Å². The molecule has 0 spiro atoms. The Morgan fingerprint density at radius 2 is 1.92 bits per heavy atom. The smallest absolute Gasteiger partial charge is 0.0835 e. The van der Waals surface area contributed by atoms with E-state index in [1.54, 1.807) is 7.11 Å². The van der Waals surface area contributed by atoms with Gasteiger partial charge in [0.05, 0.1) is 6.61 Å². The Bertz CT molecular complexity index is 239. The molecule has 0 aliphatic rings. The van der Waals surface area contributed by atoms with Crippen molar-refractivity contribution in [3.05, 3.63) is 48.6 Å². The lowest BCUT2D eigenvalue weighted by Crippen LogP contribution is -1.77. The maximum Gasteiger partial charge on any atom is 0.0835 e. The average Bonchev–Trinajstić information content (AvgIpc) is 2.19. The Labute approximate surface area is 80.0 Å². The summed E-state index contributed by atoms with van der Waals surface area (Å²) in [4.78, 5) is 0. The molecule has 1 aromatic rings. The highest BCUT2D eigenvalue weighted by Gasteiger charge is 1.84. The number of methoxy groups -OCH3 is 1. The van der Waals surface area contributed by atoms with Gasteiger partial charge in [-0.15, -0.1) is 0 Å². The number of hydrogen-bond donors (Lipinski definition) is 0. The molecule has 1 heteroatoms. The lowest BCUT2D eigenvalue weighted by molar-refractivity contribution is 0.266. The van der Waals surface area contributed by atoms with Crippen molar-refractivity contribution < 1.29 is 4.74 Å². The minimum Gasteiger partial charge on any atom is -0.379 e. The molecular weight excluding hydrogens is 160 g/mol. The number of allylic oxidation sites excluding steroid dienone is 1. The fraction of sp³-hybridized carbons (Fsp3) is 0.250. The highest BCUT2D eigenvalue weighted by Crippen LogP contribution is 2.03. The van der Waals surface area contributed by atoms with Gasteiger partial charge in [0.2, 0.25) is 0 Å². The summed E-state index contributed by atoms with van der Waals surface area (Å²) in [6.45, 7) is 1.81. The van der Waals surface area contributed by atoms with E-state index < -0.39 is 0 Å². The van der Waals surface area contributed by atoms with Crippen LogP contribution in [0.5, 0.6) is 0 Å². The zero-order chi connectivity index (χ0) is 9.36. The molecule has 0 saturated carbocycles. The molecule has 0 aliphatic heterocycles. The van der Waals surface area contributed by atoms with E-state index >= 15 is 0 Å². The van der Waals surface area contributed by atoms with Crippen LogP contribution in [0, 0.1) is 6.61 Å². The maximum absolute atomic E-state index is 4.84. The minimum atomic E-state index is 0.972. The molecule has 0 bridgehead atoms. The largest absolute Gasteiger partial charge is 0.379 e. The van der Waals surface area contributed by atoms with Gasteiger partial charge in [0.15, 0.2) is 0 Å². The summed E-state index contributed by atoms with van der Waals surface area (Å²) in [5.41, 5.74) is 1.25. The Hall–Kier alpha value is -1.08. The zero-order valence-corrected chi connectivity index (χ0v) is 7.94. The zero-order valence-electron chi connectivity index (χ0n) is 7.94. The lowest BCUT2D eigenvalue weighted by atomic mass is 10.2. The van der Waals surface area contributed by atoms with Crippen LogP contribution in [0.2, 0.25) is 0 Å². The summed E-state index contributed by atoms with van der Waals surface area (Å²) in [5.74, 6) is 0. The van der Waals surface area contributed by atoms with Gasteiger partial charge in [-0.1, -0.05) is 42.5 Å². The van der Waals surface area contributed by atoms with Gasteiger partial charge in [0, 0.05) is 7.11 Å². The van der Waals surface area contributed by atoms with Crippen molar-refractivity contribution in [1.29, 1.82) is 0 Å². The quantitative estimate of drug-likeness (QED) is 0.624. The van der Waals surface area contributed by atoms with Gasteiger partial charge >= 0.3 is 0 Å². The van der Waals surface area contributed by atoms with E-state index in [9.17, 15) is 0 Å². The van der Waals surface area contributed by atoms with E-state index in [-0.39, 0.29) is 0 Å². The molecule has 0 amide bonds. The van der Waals surface area contributed by atoms with Gasteiger partial charge in [-0.25, -0.2) is 0 Å². The van der Waals surface area contributed by atoms with Crippen molar-refractivity contribution in [2.45, 2.75) is 12.8 Å². The summed E-state index contributed by atoms with van der Waals surface area (Å²) in [6.07, 6.45) is 6.29. The van der Waals surface area contributed by atoms with Crippen molar-refractivity contribution in [2.24, 2.45) is 0 Å². The molecule has 1 aromatic carbocycles. The van der Waals surface area contributed by atoms with Gasteiger partial charge in [-0.05, 0) is 18.4 Å². The average molecular weight is 175 g/mol. The second-order valence-electron chi connectivity index (χ2n) is 2.79. The van der Waals surface area contributed by atoms with E-state index in [4.69, 9.17) is 4.74 Å². The number of hydrogen-bond acceptors (Lipinski definition) is 1. The van der Waals surface area contributed by atoms with Crippen LogP contribution in [-0.4, -0.2) is 7.11 Å². The van der Waals surface area contributed by atoms with Gasteiger partial charge in [-0.3, -0.25) is 0 Å². The van der Waals surface area contributed by atoms with Crippen LogP contribution < -0.4 is 0 Å². The van der Waals surface area contributed by atoms with Crippen LogP contribution in [0.3, 0.4) is 0 Å². The number of benzene rings is 1. The summed E-state index contributed by atoms with van der Waals surface area (Å²) in [5, 5.41) is 0. The predicted molar refractivity (Wildman–Crippen MR) is 56.0 cm³/mol. The van der Waals surface area contributed by atoms with Crippen molar-refractivity contribution in [1.82, 2.24) is 0 Å². The molecule has 0 saturated heterocycles. The monoisotopic (exact) mass is 175 g/mol. The minimum absolute atomic E-state index is 0.972. The molecule has 0 unspecified atom stereocenters. The van der Waals surface area contributed by atoms with Crippen LogP contribution in [0.1, 0.15) is 18.4 Å². The van der Waals surface area contributed by atoms with Crippen LogP contribution in [0.4, 0.5) is 0 Å². The fourth-order valence-corrected chi connectivity index (χ4v) is 1.07. The van der Waals surface area contributed by atoms with E-state index in [0.29, 0.717) is 0 Å². The lowest BCUT2D eigenvalue weighted by Gasteiger charge is -1.93. The van der Waals surface area contributed by atoms with E-state index in [1.807, 2.05) is 24.8 Å². The molecule has 1 radical (unpaired) electrons. The molecule has 0 aromatic heterocycles. The third-order valence-corrected chi connectivity index (χ3v) is 1.73. The Kier molecular flexibility index (Phi) is 4.95. The van der Waals surface area contributed by atoms with Crippen molar-refractivity contribution in [2.75, 3.05) is 7.11 Å². The highest BCUT2D eigenvalue weighted by atomic mass is 16.5. The number of ether oxygens (including phenoxy) is 1.